The van der Waals surface area contributed by atoms with Gasteiger partial charge in [0.1, 0.15) is 0 Å². The Hall–Kier alpha value is -2.28. The first kappa shape index (κ1) is 28.0. The van der Waals surface area contributed by atoms with E-state index in [4.69, 9.17) is 9.84 Å². The zero-order chi connectivity index (χ0) is 22.6. The number of carboxylic acid groups (broad SMARTS) is 1. The summed E-state index contributed by atoms with van der Waals surface area (Å²) < 4.78 is 33.7. The van der Waals surface area contributed by atoms with Gasteiger partial charge in [0.15, 0.2) is 0 Å². The molecule has 2 aromatic carbocycles. The van der Waals surface area contributed by atoms with E-state index in [1.54, 1.807) is 24.3 Å². The Morgan fingerprint density at radius 3 is 2.32 bits per heavy atom. The van der Waals surface area contributed by atoms with Gasteiger partial charge in [-0.2, -0.15) is 0 Å². The van der Waals surface area contributed by atoms with Crippen LogP contribution in [0.3, 0.4) is 0 Å². The van der Waals surface area contributed by atoms with E-state index >= 15 is 0 Å². The van der Waals surface area contributed by atoms with Gasteiger partial charge in [-0.1, -0.05) is 42.5 Å². The third kappa shape index (κ3) is 6.88. The Bertz CT molecular complexity index is 1190. The van der Waals surface area contributed by atoms with Crippen molar-refractivity contribution in [2.24, 2.45) is 0 Å². The van der Waals surface area contributed by atoms with Crippen LogP contribution in [0.4, 0.5) is 5.95 Å². The topological polar surface area (TPSA) is 122 Å². The smallest absolute Gasteiger partial charge is 1.00 e. The Morgan fingerprint density at radius 2 is 1.71 bits per heavy atom. The molecule has 0 aliphatic carbocycles. The summed E-state index contributed by atoms with van der Waals surface area (Å²) in [5, 5.41) is 8.96. The number of carbonyl (C=O) groups is 1. The van der Waals surface area contributed by atoms with Crippen molar-refractivity contribution in [3.05, 3.63) is 72.6 Å². The number of rotatable bonds is 7. The molecule has 4 rings (SSSR count). The number of hydrogen-bond acceptors (Lipinski definition) is 7. The van der Waals surface area contributed by atoms with Crippen molar-refractivity contribution in [2.75, 3.05) is 31.1 Å². The summed E-state index contributed by atoms with van der Waals surface area (Å²) in [4.78, 5) is 21.1. The molecular weight excluding hydrogens is 466 g/mol. The predicted octanol–water partition coefficient (Wildman–Crippen LogP) is -1.24. The van der Waals surface area contributed by atoms with Crippen molar-refractivity contribution in [3.63, 3.8) is 0 Å². The number of nitrogens with one attached hydrogen (secondary N) is 1. The van der Waals surface area contributed by atoms with E-state index < -0.39 is 22.1 Å². The molecule has 0 amide bonds. The summed E-state index contributed by atoms with van der Waals surface area (Å²) >= 11 is 0. The molecule has 0 spiro atoms. The van der Waals surface area contributed by atoms with Crippen LogP contribution in [0.25, 0.3) is 11.1 Å². The summed E-state index contributed by atoms with van der Waals surface area (Å²) in [6.07, 6.45) is 2.10. The van der Waals surface area contributed by atoms with E-state index in [0.29, 0.717) is 25.6 Å². The quantitative estimate of drug-likeness (QED) is 0.396. The normalized spacial score (nSPS) is 15.6. The molecule has 171 valence electrons. The second kappa shape index (κ2) is 12.4. The van der Waals surface area contributed by atoms with E-state index in [0.717, 1.165) is 11.1 Å². The van der Waals surface area contributed by atoms with Crippen LogP contribution in [0.15, 0.2) is 71.9 Å². The minimum absolute atomic E-state index is 0. The molecule has 0 saturated carbocycles. The van der Waals surface area contributed by atoms with Gasteiger partial charge >= 0.3 is 35.5 Å². The van der Waals surface area contributed by atoms with E-state index in [-0.39, 0.29) is 56.4 Å². The Labute approximate surface area is 224 Å². The van der Waals surface area contributed by atoms with Crippen LogP contribution < -0.4 is 39.2 Å². The summed E-state index contributed by atoms with van der Waals surface area (Å²) in [5.41, 5.74) is 1.95. The third-order valence-electron chi connectivity index (χ3n) is 5.08. The summed E-state index contributed by atoms with van der Waals surface area (Å²) in [6.45, 7) is 1.37. The first-order valence-electron chi connectivity index (χ1n) is 9.99. The standard InChI is InChI=1S/C22H22N4O5S.B.Na.H/c27-21(28)18-12-23-22(24-13-18)26-10-11-31-19(15-26)14-25-32(29,30)20-8-6-17(7-9-20)16-4-2-1-3-5-16;;;/h1-9,12-13,19,25H,10-11,14-15H2,(H,27,28);;;/q;;+1;-1/t19-;;;/m1.../s1. The molecule has 1 aromatic heterocycles. The number of carboxylic acids is 1. The number of nitrogens with zero attached hydrogens (tertiary/aromatic N) is 3. The first-order chi connectivity index (χ1) is 15.4. The zero-order valence-electron chi connectivity index (χ0n) is 19.7. The van der Waals surface area contributed by atoms with Crippen molar-refractivity contribution in [2.45, 2.75) is 11.0 Å². The number of aromatic nitrogens is 2. The molecule has 1 aliphatic heterocycles. The van der Waals surface area contributed by atoms with Crippen LogP contribution in [-0.2, 0) is 14.8 Å². The van der Waals surface area contributed by atoms with Crippen molar-refractivity contribution in [1.29, 1.82) is 0 Å². The van der Waals surface area contributed by atoms with Gasteiger partial charge in [-0.05, 0) is 23.3 Å². The van der Waals surface area contributed by atoms with Crippen LogP contribution >= 0.6 is 0 Å². The molecule has 3 aromatic rings. The van der Waals surface area contributed by atoms with Gasteiger partial charge in [-0.15, -0.1) is 0 Å². The SMILES string of the molecule is O=C(O)c1cnc(N2CCO[C@H](CNS(=O)(=O)c3ccc(-c4ccccc4)cc3)C2)nc1.[B].[H-].[Na+]. The van der Waals surface area contributed by atoms with Crippen LogP contribution in [-0.4, -0.2) is 70.2 Å². The maximum Gasteiger partial charge on any atom is 1.00 e. The van der Waals surface area contributed by atoms with Gasteiger partial charge in [0.05, 0.1) is 23.2 Å². The van der Waals surface area contributed by atoms with Crippen molar-refractivity contribution in [3.8, 4) is 11.1 Å². The molecule has 34 heavy (non-hydrogen) atoms. The maximum atomic E-state index is 12.7. The first-order valence-corrected chi connectivity index (χ1v) is 11.5. The maximum absolute atomic E-state index is 12.7. The number of morpholine rings is 1. The molecule has 9 nitrogen and oxygen atoms in total. The number of ether oxygens (including phenoxy) is 1. The average molecular weight is 489 g/mol. The number of anilines is 1. The monoisotopic (exact) mass is 489 g/mol. The van der Waals surface area contributed by atoms with Gasteiger partial charge in [-0.3, -0.25) is 0 Å². The summed E-state index contributed by atoms with van der Waals surface area (Å²) in [5.74, 6) is -0.717. The van der Waals surface area contributed by atoms with Crippen LogP contribution in [0.1, 0.15) is 11.8 Å². The largest absolute Gasteiger partial charge is 1.00 e. The molecule has 0 bridgehead atoms. The fourth-order valence-corrected chi connectivity index (χ4v) is 4.43. The molecule has 1 aliphatic rings. The minimum Gasteiger partial charge on any atom is -1.00 e. The average Bonchev–Trinajstić information content (AvgIpc) is 2.84. The van der Waals surface area contributed by atoms with Crippen molar-refractivity contribution in [1.82, 2.24) is 14.7 Å². The second-order valence-electron chi connectivity index (χ2n) is 7.26. The number of hydrogen-bond donors (Lipinski definition) is 2. The van der Waals surface area contributed by atoms with Crippen LogP contribution in [0, 0.1) is 0 Å². The third-order valence-corrected chi connectivity index (χ3v) is 6.52. The Kier molecular flexibility index (Phi) is 10.2. The second-order valence-corrected chi connectivity index (χ2v) is 9.02. The molecule has 3 radical (unpaired) electrons. The van der Waals surface area contributed by atoms with E-state index in [2.05, 4.69) is 14.7 Å². The molecule has 1 saturated heterocycles. The predicted molar refractivity (Wildman–Crippen MR) is 125 cm³/mol. The molecule has 1 fully saturated rings. The Morgan fingerprint density at radius 1 is 1.09 bits per heavy atom. The molecule has 12 heteroatoms. The zero-order valence-corrected chi connectivity index (χ0v) is 21.5. The molecule has 0 unspecified atom stereocenters. The van der Waals surface area contributed by atoms with Crippen LogP contribution in [0.2, 0.25) is 0 Å². The minimum atomic E-state index is -3.70. The molecule has 2 heterocycles. The van der Waals surface area contributed by atoms with Crippen LogP contribution in [0.5, 0.6) is 0 Å². The molecule has 2 N–H and O–H groups in total. The van der Waals surface area contributed by atoms with Gasteiger partial charge < -0.3 is 16.2 Å². The Balaban J connectivity index is 0.00000204. The molecular formula is C22H23BN4NaO5S. The van der Waals surface area contributed by atoms with Gasteiger partial charge in [-0.25, -0.2) is 27.9 Å². The van der Waals surface area contributed by atoms with Gasteiger partial charge in [0.2, 0.25) is 16.0 Å². The van der Waals surface area contributed by atoms with E-state index in [1.807, 2.05) is 35.2 Å². The van der Waals surface area contributed by atoms with Gasteiger partial charge in [0.25, 0.3) is 0 Å². The van der Waals surface area contributed by atoms with E-state index in [9.17, 15) is 13.2 Å². The number of benzene rings is 2. The summed E-state index contributed by atoms with van der Waals surface area (Å²) in [7, 11) is -3.70. The van der Waals surface area contributed by atoms with E-state index in [1.165, 1.54) is 12.4 Å². The van der Waals surface area contributed by atoms with Crippen molar-refractivity contribution >= 4 is 30.4 Å². The fourth-order valence-electron chi connectivity index (χ4n) is 3.36. The van der Waals surface area contributed by atoms with Gasteiger partial charge in [0, 0.05) is 40.4 Å². The van der Waals surface area contributed by atoms with Crippen molar-refractivity contribution < 1.29 is 54.0 Å². The summed E-state index contributed by atoms with van der Waals surface area (Å²) in [6, 6.07) is 16.4. The number of aromatic carboxylic acids is 1. The number of sulfonamides is 1. The molecule has 1 atom stereocenters. The fraction of sp³-hybridized carbons (Fsp3) is 0.227.